The molecule has 0 spiro atoms. The molecule has 1 aromatic rings. The van der Waals surface area contributed by atoms with Crippen LogP contribution in [0.1, 0.15) is 19.3 Å². The second kappa shape index (κ2) is 8.30. The zero-order valence-corrected chi connectivity index (χ0v) is 15.1. The molecule has 0 radical (unpaired) electrons. The number of hydrogen-bond donors (Lipinski definition) is 1. The van der Waals surface area contributed by atoms with Crippen LogP contribution in [0, 0.1) is 11.8 Å². The summed E-state index contributed by atoms with van der Waals surface area (Å²) in [7, 11) is 0. The largest absolute Gasteiger partial charge is 0.456 e. The number of pyridine rings is 1. The van der Waals surface area contributed by atoms with Crippen molar-refractivity contribution in [2.24, 2.45) is 11.8 Å². The van der Waals surface area contributed by atoms with Gasteiger partial charge in [0, 0.05) is 12.7 Å². The first kappa shape index (κ1) is 19.0. The second-order valence-electron chi connectivity index (χ2n) is 6.28. The minimum Gasteiger partial charge on any atom is -0.456 e. The quantitative estimate of drug-likeness (QED) is 0.341. The molecule has 27 heavy (non-hydrogen) atoms. The molecule has 2 heterocycles. The molecule has 8 nitrogen and oxygen atoms in total. The van der Waals surface area contributed by atoms with Gasteiger partial charge in [-0.25, -0.2) is 4.98 Å². The molecule has 1 fully saturated rings. The molecule has 1 aromatic heterocycles. The van der Waals surface area contributed by atoms with Gasteiger partial charge in [0.05, 0.1) is 23.9 Å². The molecule has 3 amide bonds. The van der Waals surface area contributed by atoms with Crippen molar-refractivity contribution in [2.45, 2.75) is 19.3 Å². The van der Waals surface area contributed by atoms with Gasteiger partial charge in [-0.2, -0.15) is 0 Å². The molecule has 9 heteroatoms. The molecule has 1 aliphatic carbocycles. The van der Waals surface area contributed by atoms with E-state index in [2.05, 4.69) is 10.3 Å². The number of nitrogens with one attached hydrogen (secondary N) is 1. The first-order valence-electron chi connectivity index (χ1n) is 8.53. The number of allylic oxidation sites excluding steroid dienone is 2. The number of likely N-dealkylation sites (tertiary alicyclic amines) is 1. The number of amides is 3. The number of anilines is 1. The predicted octanol–water partition coefficient (Wildman–Crippen LogP) is 1.56. The Hall–Kier alpha value is -2.74. The Kier molecular flexibility index (Phi) is 5.85. The van der Waals surface area contributed by atoms with Crippen molar-refractivity contribution in [3.63, 3.8) is 0 Å². The third kappa shape index (κ3) is 4.33. The van der Waals surface area contributed by atoms with Crippen LogP contribution in [0.2, 0.25) is 5.15 Å². The van der Waals surface area contributed by atoms with Crippen LogP contribution in [0.3, 0.4) is 0 Å². The van der Waals surface area contributed by atoms with Crippen LogP contribution in [-0.4, -0.2) is 46.7 Å². The van der Waals surface area contributed by atoms with E-state index in [0.717, 1.165) is 4.90 Å². The van der Waals surface area contributed by atoms with E-state index in [9.17, 15) is 19.2 Å². The molecule has 3 rings (SSSR count). The predicted molar refractivity (Wildman–Crippen MR) is 95.5 cm³/mol. The van der Waals surface area contributed by atoms with Gasteiger partial charge in [0.15, 0.2) is 11.8 Å². The minimum absolute atomic E-state index is 0.0421. The first-order chi connectivity index (χ1) is 13.0. The van der Waals surface area contributed by atoms with Crippen LogP contribution in [0.15, 0.2) is 30.5 Å². The molecule has 1 N–H and O–H groups in total. The van der Waals surface area contributed by atoms with E-state index >= 15 is 0 Å². The molecular weight excluding hydrogens is 374 g/mol. The molecule has 0 saturated carbocycles. The highest BCUT2D eigenvalue weighted by Gasteiger charge is 2.46. The van der Waals surface area contributed by atoms with Crippen LogP contribution in [0.5, 0.6) is 0 Å². The van der Waals surface area contributed by atoms with E-state index in [-0.39, 0.29) is 41.8 Å². The van der Waals surface area contributed by atoms with E-state index in [4.69, 9.17) is 16.3 Å². The van der Waals surface area contributed by atoms with Crippen LogP contribution >= 0.6 is 11.6 Å². The third-order valence-corrected chi connectivity index (χ3v) is 4.84. The maximum absolute atomic E-state index is 12.3. The maximum atomic E-state index is 12.3. The Bertz CT molecular complexity index is 784. The van der Waals surface area contributed by atoms with Gasteiger partial charge < -0.3 is 10.1 Å². The van der Waals surface area contributed by atoms with E-state index in [0.29, 0.717) is 18.5 Å². The van der Waals surface area contributed by atoms with Gasteiger partial charge >= 0.3 is 5.97 Å². The maximum Gasteiger partial charge on any atom is 0.308 e. The number of halogens is 1. The molecule has 2 aliphatic rings. The molecule has 0 unspecified atom stereocenters. The number of ether oxygens (including phenoxy) is 1. The van der Waals surface area contributed by atoms with Gasteiger partial charge in [-0.05, 0) is 25.0 Å². The highest BCUT2D eigenvalue weighted by atomic mass is 35.5. The number of fused-ring (bicyclic) bond motifs is 1. The van der Waals surface area contributed by atoms with E-state index in [1.165, 1.54) is 6.20 Å². The number of aromatic nitrogens is 1. The van der Waals surface area contributed by atoms with Crippen LogP contribution in [0.4, 0.5) is 5.69 Å². The van der Waals surface area contributed by atoms with E-state index in [1.54, 1.807) is 12.1 Å². The number of hydrogen-bond acceptors (Lipinski definition) is 6. The average molecular weight is 392 g/mol. The van der Waals surface area contributed by atoms with Gasteiger partial charge in [0.2, 0.25) is 11.8 Å². The number of imide groups is 1. The highest BCUT2D eigenvalue weighted by Crippen LogP contribution is 2.35. The summed E-state index contributed by atoms with van der Waals surface area (Å²) >= 11 is 5.83. The normalized spacial score (nSPS) is 21.1. The van der Waals surface area contributed by atoms with Gasteiger partial charge in [-0.1, -0.05) is 23.8 Å². The molecular formula is C18H18ClN3O5. The van der Waals surface area contributed by atoms with Crippen LogP contribution in [-0.2, 0) is 23.9 Å². The van der Waals surface area contributed by atoms with Crippen molar-refractivity contribution in [1.29, 1.82) is 0 Å². The topological polar surface area (TPSA) is 106 Å². The van der Waals surface area contributed by atoms with Crippen LogP contribution < -0.4 is 5.32 Å². The van der Waals surface area contributed by atoms with Gasteiger partial charge in [0.1, 0.15) is 0 Å². The van der Waals surface area contributed by atoms with Crippen molar-refractivity contribution in [3.05, 3.63) is 35.6 Å². The summed E-state index contributed by atoms with van der Waals surface area (Å²) in [4.78, 5) is 53.2. The third-order valence-electron chi connectivity index (χ3n) is 4.54. The Labute approximate surface area is 160 Å². The summed E-state index contributed by atoms with van der Waals surface area (Å²) in [5.41, 5.74) is 0.310. The summed E-state index contributed by atoms with van der Waals surface area (Å²) in [6, 6.07) is 3.17. The molecule has 142 valence electrons. The SMILES string of the molecule is O=C(COC(=O)CCN1C(=O)[C@@H]2CC=CC[C@H]2C1=O)Nc1cccnc1Cl. The van der Waals surface area contributed by atoms with Crippen molar-refractivity contribution in [2.75, 3.05) is 18.5 Å². The lowest BCUT2D eigenvalue weighted by Crippen LogP contribution is -2.33. The number of nitrogens with zero attached hydrogens (tertiary/aromatic N) is 2. The number of rotatable bonds is 6. The van der Waals surface area contributed by atoms with E-state index < -0.39 is 18.5 Å². The van der Waals surface area contributed by atoms with Crippen molar-refractivity contribution in [1.82, 2.24) is 9.88 Å². The Balaban J connectivity index is 1.43. The lowest BCUT2D eigenvalue weighted by Gasteiger charge is -2.14. The van der Waals surface area contributed by atoms with Gasteiger partial charge in [0.25, 0.3) is 5.91 Å². The summed E-state index contributed by atoms with van der Waals surface area (Å²) < 4.78 is 4.89. The van der Waals surface area contributed by atoms with Crippen LogP contribution in [0.25, 0.3) is 0 Å². The summed E-state index contributed by atoms with van der Waals surface area (Å²) in [6.45, 7) is -0.541. The lowest BCUT2D eigenvalue weighted by atomic mass is 9.85. The fourth-order valence-corrected chi connectivity index (χ4v) is 3.34. The highest BCUT2D eigenvalue weighted by molar-refractivity contribution is 6.32. The standard InChI is InChI=1S/C18H18ClN3O5/c19-16-13(6-3-8-20-16)21-14(23)10-27-15(24)7-9-22-17(25)11-4-1-2-5-12(11)18(22)26/h1-3,6,8,11-12H,4-5,7,9-10H2,(H,21,23)/t11-,12-/m1/s1. The molecule has 0 bridgehead atoms. The van der Waals surface area contributed by atoms with Crippen molar-refractivity contribution >= 4 is 41.0 Å². The number of carbonyl (C=O) groups excluding carboxylic acids is 4. The van der Waals surface area contributed by atoms with Crippen molar-refractivity contribution < 1.29 is 23.9 Å². The Morgan fingerprint density at radius 1 is 1.22 bits per heavy atom. The zero-order valence-electron chi connectivity index (χ0n) is 14.4. The Morgan fingerprint density at radius 2 is 1.89 bits per heavy atom. The first-order valence-corrected chi connectivity index (χ1v) is 8.91. The van der Waals surface area contributed by atoms with E-state index in [1.807, 2.05) is 12.2 Å². The fourth-order valence-electron chi connectivity index (χ4n) is 3.18. The monoisotopic (exact) mass is 391 g/mol. The fraction of sp³-hybridized carbons (Fsp3) is 0.389. The second-order valence-corrected chi connectivity index (χ2v) is 6.64. The molecule has 1 saturated heterocycles. The van der Waals surface area contributed by atoms with Gasteiger partial charge in [-0.15, -0.1) is 0 Å². The molecule has 0 aromatic carbocycles. The lowest BCUT2D eigenvalue weighted by molar-refractivity contribution is -0.148. The zero-order chi connectivity index (χ0) is 19.4. The summed E-state index contributed by atoms with van der Waals surface area (Å²) in [5, 5.41) is 2.60. The minimum atomic E-state index is -0.670. The smallest absolute Gasteiger partial charge is 0.308 e. The molecule has 2 atom stereocenters. The van der Waals surface area contributed by atoms with Gasteiger partial charge in [-0.3, -0.25) is 24.1 Å². The Morgan fingerprint density at radius 3 is 2.52 bits per heavy atom. The summed E-state index contributed by atoms with van der Waals surface area (Å²) in [6.07, 6.45) is 6.21. The average Bonchev–Trinajstić information content (AvgIpc) is 2.91. The summed E-state index contributed by atoms with van der Waals surface area (Å²) in [5.74, 6) is -2.38. The number of carbonyl (C=O) groups is 4. The number of esters is 1. The van der Waals surface area contributed by atoms with Crippen molar-refractivity contribution in [3.8, 4) is 0 Å². The molecule has 1 aliphatic heterocycles.